The third-order valence-corrected chi connectivity index (χ3v) is 5.57. The van der Waals surface area contributed by atoms with Crippen LogP contribution in [0, 0.1) is 5.92 Å². The van der Waals surface area contributed by atoms with E-state index in [9.17, 15) is 24.0 Å². The monoisotopic (exact) mass is 514 g/mol. The van der Waals surface area contributed by atoms with Gasteiger partial charge in [0, 0.05) is 45.3 Å². The third-order valence-electron chi connectivity index (χ3n) is 5.57. The van der Waals surface area contributed by atoms with Gasteiger partial charge in [0.1, 0.15) is 5.78 Å². The summed E-state index contributed by atoms with van der Waals surface area (Å²) in [5.74, 6) is -0.668. The van der Waals surface area contributed by atoms with Gasteiger partial charge in [0.25, 0.3) is 0 Å². The van der Waals surface area contributed by atoms with Crippen molar-refractivity contribution in [2.75, 3.05) is 65.8 Å². The average molecular weight is 515 g/mol. The molecule has 1 aliphatic rings. The molecule has 1 saturated heterocycles. The number of nitrogens with one attached hydrogen (secondary N) is 3. The second-order valence-electron chi connectivity index (χ2n) is 8.83. The predicted molar refractivity (Wildman–Crippen MR) is 131 cm³/mol. The first kappa shape index (κ1) is 31.5. The lowest BCUT2D eigenvalue weighted by atomic mass is 10.1. The fraction of sp³-hybridized carbons (Fsp3) is 0.792. The largest absolute Gasteiger partial charge is 0.394 e. The van der Waals surface area contributed by atoms with Gasteiger partial charge in [0.2, 0.25) is 23.6 Å². The second kappa shape index (κ2) is 19.6. The first-order chi connectivity index (χ1) is 17.3. The molecule has 1 atom stereocenters. The maximum absolute atomic E-state index is 12.1. The van der Waals surface area contributed by atoms with Crippen LogP contribution in [0.2, 0.25) is 0 Å². The summed E-state index contributed by atoms with van der Waals surface area (Å²) in [7, 11) is 0. The van der Waals surface area contributed by atoms with Gasteiger partial charge in [0.15, 0.2) is 0 Å². The Bertz CT molecular complexity index is 704. The average Bonchev–Trinajstić information content (AvgIpc) is 3.30. The zero-order chi connectivity index (χ0) is 26.6. The van der Waals surface area contributed by atoms with E-state index < -0.39 is 17.7 Å². The summed E-state index contributed by atoms with van der Waals surface area (Å²) in [6.45, 7) is 4.71. The number of hydrogen-bond donors (Lipinski definition) is 4. The van der Waals surface area contributed by atoms with Crippen molar-refractivity contribution in [3.63, 3.8) is 0 Å². The molecular weight excluding hydrogens is 472 g/mol. The number of hydrogen-bond acceptors (Lipinski definition) is 8. The molecule has 4 amide bonds. The highest BCUT2D eigenvalue weighted by Crippen LogP contribution is 2.17. The topological polar surface area (TPSA) is 163 Å². The van der Waals surface area contributed by atoms with E-state index in [2.05, 4.69) is 22.9 Å². The van der Waals surface area contributed by atoms with Crippen molar-refractivity contribution in [1.29, 1.82) is 0 Å². The van der Waals surface area contributed by atoms with Gasteiger partial charge in [0.05, 0.1) is 46.1 Å². The molecule has 0 aromatic heterocycles. The minimum Gasteiger partial charge on any atom is -0.394 e. The Morgan fingerprint density at radius 1 is 0.806 bits per heavy atom. The van der Waals surface area contributed by atoms with Crippen LogP contribution in [0.15, 0.2) is 0 Å². The Kier molecular flexibility index (Phi) is 17.1. The molecule has 0 aromatic rings. The van der Waals surface area contributed by atoms with Gasteiger partial charge in [-0.05, 0) is 25.2 Å². The fourth-order valence-corrected chi connectivity index (χ4v) is 3.52. The summed E-state index contributed by atoms with van der Waals surface area (Å²) >= 11 is 0. The lowest BCUT2D eigenvalue weighted by molar-refractivity contribution is -0.130. The van der Waals surface area contributed by atoms with Crippen molar-refractivity contribution in [3.8, 4) is 0 Å². The predicted octanol–water partition coefficient (Wildman–Crippen LogP) is -0.861. The van der Waals surface area contributed by atoms with Crippen LogP contribution in [-0.4, -0.2) is 105 Å². The summed E-state index contributed by atoms with van der Waals surface area (Å²) in [6.07, 6.45) is 3.17. The molecule has 0 bridgehead atoms. The van der Waals surface area contributed by atoms with Crippen molar-refractivity contribution in [2.24, 2.45) is 5.92 Å². The van der Waals surface area contributed by atoms with Crippen LogP contribution in [0.4, 0.5) is 0 Å². The van der Waals surface area contributed by atoms with Gasteiger partial charge in [-0.15, -0.1) is 0 Å². The number of aliphatic hydroxyl groups is 1. The van der Waals surface area contributed by atoms with Gasteiger partial charge in [-0.25, -0.2) is 0 Å². The lowest BCUT2D eigenvalue weighted by Crippen LogP contribution is -2.42. The number of nitrogens with zero attached hydrogens (tertiary/aromatic N) is 1. The summed E-state index contributed by atoms with van der Waals surface area (Å²) in [5, 5.41) is 16.0. The Morgan fingerprint density at radius 2 is 1.44 bits per heavy atom. The number of carbonyl (C=O) groups excluding carboxylic acids is 5. The van der Waals surface area contributed by atoms with Gasteiger partial charge in [-0.1, -0.05) is 6.92 Å². The van der Waals surface area contributed by atoms with Crippen LogP contribution >= 0.6 is 0 Å². The lowest BCUT2D eigenvalue weighted by Gasteiger charge is -2.15. The standard InChI is InChI=1S/C24H42N4O8/c1-19-8-10-28(18-19)24(34)5-3-2-4-20(30)6-7-21(31)26-17-23(33)27-16-22(32)25-9-12-35-14-15-36-13-11-29/h19,29H,2-18H2,1H3,(H,25,32)(H,26,31)(H,27,33)/t19-/m0/s1. The normalized spacial score (nSPS) is 14.9. The number of rotatable bonds is 20. The maximum Gasteiger partial charge on any atom is 0.239 e. The number of ether oxygens (including phenoxy) is 2. The molecule has 1 heterocycles. The Balaban J connectivity index is 1.97. The molecule has 1 aliphatic heterocycles. The van der Waals surface area contributed by atoms with Crippen LogP contribution in [0.5, 0.6) is 0 Å². The summed E-state index contributed by atoms with van der Waals surface area (Å²) in [4.78, 5) is 61.3. The van der Waals surface area contributed by atoms with E-state index in [1.807, 2.05) is 4.90 Å². The van der Waals surface area contributed by atoms with Crippen molar-refractivity contribution >= 4 is 29.4 Å². The summed E-state index contributed by atoms with van der Waals surface area (Å²) in [5.41, 5.74) is 0. The number of amides is 4. The van der Waals surface area contributed by atoms with E-state index in [0.29, 0.717) is 44.8 Å². The van der Waals surface area contributed by atoms with Crippen LogP contribution < -0.4 is 16.0 Å². The minimum atomic E-state index is -0.515. The molecule has 4 N–H and O–H groups in total. The molecule has 12 nitrogen and oxygen atoms in total. The van der Waals surface area contributed by atoms with Gasteiger partial charge >= 0.3 is 0 Å². The summed E-state index contributed by atoms with van der Waals surface area (Å²) < 4.78 is 10.2. The van der Waals surface area contributed by atoms with Gasteiger partial charge in [-0.2, -0.15) is 0 Å². The van der Waals surface area contributed by atoms with Crippen LogP contribution in [0.3, 0.4) is 0 Å². The Hall–Kier alpha value is -2.57. The van der Waals surface area contributed by atoms with Crippen molar-refractivity contribution in [1.82, 2.24) is 20.9 Å². The van der Waals surface area contributed by atoms with E-state index in [1.165, 1.54) is 0 Å². The van der Waals surface area contributed by atoms with E-state index in [-0.39, 0.29) is 64.0 Å². The molecule has 36 heavy (non-hydrogen) atoms. The van der Waals surface area contributed by atoms with Crippen molar-refractivity contribution in [3.05, 3.63) is 0 Å². The maximum atomic E-state index is 12.1. The Labute approximate surface area is 212 Å². The molecule has 12 heteroatoms. The molecular formula is C24H42N4O8. The minimum absolute atomic E-state index is 0.0117. The molecule has 0 spiro atoms. The van der Waals surface area contributed by atoms with Gasteiger partial charge in [-0.3, -0.25) is 24.0 Å². The number of likely N-dealkylation sites (tertiary alicyclic amines) is 1. The number of Topliss-reactive ketones (excluding diaryl/α,β-unsaturated/α-hetero) is 1. The molecule has 0 saturated carbocycles. The Morgan fingerprint density at radius 3 is 2.11 bits per heavy atom. The SMILES string of the molecule is C[C@H]1CCN(C(=O)CCCCC(=O)CCC(=O)NCC(=O)NCC(=O)NCCOCCOCCO)C1. The quantitative estimate of drug-likeness (QED) is 0.153. The third kappa shape index (κ3) is 16.2. The smallest absolute Gasteiger partial charge is 0.239 e. The number of ketones is 1. The van der Waals surface area contributed by atoms with E-state index in [4.69, 9.17) is 14.6 Å². The van der Waals surface area contributed by atoms with E-state index in [0.717, 1.165) is 19.5 Å². The molecule has 0 aliphatic carbocycles. The molecule has 1 rings (SSSR count). The number of carbonyl (C=O) groups is 5. The number of unbranched alkanes of at least 4 members (excludes halogenated alkanes) is 1. The fourth-order valence-electron chi connectivity index (χ4n) is 3.52. The molecule has 0 aromatic carbocycles. The molecule has 206 valence electrons. The van der Waals surface area contributed by atoms with Crippen molar-refractivity contribution in [2.45, 2.75) is 51.9 Å². The number of aliphatic hydroxyl groups excluding tert-OH is 1. The van der Waals surface area contributed by atoms with E-state index in [1.54, 1.807) is 0 Å². The van der Waals surface area contributed by atoms with Crippen molar-refractivity contribution < 1.29 is 38.6 Å². The van der Waals surface area contributed by atoms with Crippen LogP contribution in [-0.2, 0) is 33.4 Å². The first-order valence-corrected chi connectivity index (χ1v) is 12.7. The molecule has 0 unspecified atom stereocenters. The highest BCUT2D eigenvalue weighted by molar-refractivity contribution is 5.89. The van der Waals surface area contributed by atoms with Crippen LogP contribution in [0.1, 0.15) is 51.9 Å². The zero-order valence-electron chi connectivity index (χ0n) is 21.4. The van der Waals surface area contributed by atoms with Gasteiger partial charge < -0.3 is 35.4 Å². The highest BCUT2D eigenvalue weighted by Gasteiger charge is 2.22. The van der Waals surface area contributed by atoms with E-state index >= 15 is 0 Å². The molecule has 1 fully saturated rings. The van der Waals surface area contributed by atoms with Crippen LogP contribution in [0.25, 0.3) is 0 Å². The zero-order valence-corrected chi connectivity index (χ0v) is 21.4. The highest BCUT2D eigenvalue weighted by atomic mass is 16.5. The summed E-state index contributed by atoms with van der Waals surface area (Å²) in [6, 6.07) is 0. The molecule has 0 radical (unpaired) electrons. The second-order valence-corrected chi connectivity index (χ2v) is 8.83. The first-order valence-electron chi connectivity index (χ1n) is 12.7.